The Morgan fingerprint density at radius 3 is 2.47 bits per heavy atom. The summed E-state index contributed by atoms with van der Waals surface area (Å²) in [5, 5.41) is 13.7. The van der Waals surface area contributed by atoms with E-state index in [9.17, 15) is 23.1 Å². The molecule has 1 aliphatic rings. The third-order valence-corrected chi connectivity index (χ3v) is 4.88. The van der Waals surface area contributed by atoms with E-state index in [1.165, 1.54) is 18.2 Å². The fraction of sp³-hybridized carbons (Fsp3) is 0.381. The Morgan fingerprint density at radius 1 is 1.13 bits per heavy atom. The van der Waals surface area contributed by atoms with Crippen LogP contribution in [0.5, 0.6) is 11.5 Å². The Labute approximate surface area is 172 Å². The van der Waals surface area contributed by atoms with Gasteiger partial charge >= 0.3 is 12.4 Å². The minimum Gasteiger partial charge on any atom is -0.494 e. The highest BCUT2D eigenvalue weighted by Crippen LogP contribution is 2.35. The van der Waals surface area contributed by atoms with E-state index in [4.69, 9.17) is 4.74 Å². The van der Waals surface area contributed by atoms with Crippen LogP contribution in [0.15, 0.2) is 48.5 Å². The predicted molar refractivity (Wildman–Crippen MR) is 104 cm³/mol. The van der Waals surface area contributed by atoms with Gasteiger partial charge in [-0.25, -0.2) is 4.79 Å². The van der Waals surface area contributed by atoms with Crippen molar-refractivity contribution in [1.29, 1.82) is 0 Å². The standard InChI is InChI=1S/C21H23F3N2O4/c1-2-29-17-7-4-6-16(14-17)25-19(27)26-11-9-20(28,10-12-26)15-5-3-8-18(13-15)30-21(22,23)24/h3-8,13-14,28H,2,9-12H2,1H3,(H,25,27). The van der Waals surface area contributed by atoms with Crippen LogP contribution in [0.1, 0.15) is 25.3 Å². The van der Waals surface area contributed by atoms with Crippen molar-refractivity contribution in [3.63, 3.8) is 0 Å². The number of urea groups is 1. The van der Waals surface area contributed by atoms with Gasteiger partial charge in [-0.3, -0.25) is 0 Å². The summed E-state index contributed by atoms with van der Waals surface area (Å²) in [6.07, 6.45) is -4.42. The lowest BCUT2D eigenvalue weighted by atomic mass is 9.84. The molecule has 2 aromatic carbocycles. The monoisotopic (exact) mass is 424 g/mol. The van der Waals surface area contributed by atoms with Gasteiger partial charge in [0.1, 0.15) is 11.5 Å². The van der Waals surface area contributed by atoms with E-state index in [2.05, 4.69) is 10.1 Å². The van der Waals surface area contributed by atoms with Crippen molar-refractivity contribution < 1.29 is 32.5 Å². The molecule has 0 unspecified atom stereocenters. The van der Waals surface area contributed by atoms with Crippen molar-refractivity contribution in [3.8, 4) is 11.5 Å². The number of benzene rings is 2. The molecule has 2 aromatic rings. The Hall–Kier alpha value is -2.94. The third kappa shape index (κ3) is 5.56. The molecule has 0 spiro atoms. The molecule has 1 aliphatic heterocycles. The van der Waals surface area contributed by atoms with Crippen LogP contribution in [0.2, 0.25) is 0 Å². The number of piperidine rings is 1. The number of anilines is 1. The lowest BCUT2D eigenvalue weighted by Crippen LogP contribution is -2.46. The summed E-state index contributed by atoms with van der Waals surface area (Å²) in [6, 6.07) is 12.0. The van der Waals surface area contributed by atoms with Gasteiger partial charge in [-0.15, -0.1) is 13.2 Å². The van der Waals surface area contributed by atoms with Crippen LogP contribution in [-0.2, 0) is 5.60 Å². The van der Waals surface area contributed by atoms with Crippen molar-refractivity contribution >= 4 is 11.7 Å². The minimum atomic E-state index is -4.80. The molecule has 162 valence electrons. The first-order valence-corrected chi connectivity index (χ1v) is 9.56. The molecule has 3 rings (SSSR count). The number of carbonyl (C=O) groups excluding carboxylic acids is 1. The van der Waals surface area contributed by atoms with Gasteiger partial charge < -0.3 is 24.8 Å². The Morgan fingerprint density at radius 2 is 1.80 bits per heavy atom. The molecule has 6 nitrogen and oxygen atoms in total. The first-order chi connectivity index (χ1) is 14.2. The van der Waals surface area contributed by atoms with Crippen LogP contribution in [0.25, 0.3) is 0 Å². The number of halogens is 3. The fourth-order valence-corrected chi connectivity index (χ4v) is 3.38. The molecule has 1 saturated heterocycles. The van der Waals surface area contributed by atoms with E-state index >= 15 is 0 Å². The second-order valence-corrected chi connectivity index (χ2v) is 6.99. The molecule has 9 heteroatoms. The zero-order chi connectivity index (χ0) is 21.8. The lowest BCUT2D eigenvalue weighted by molar-refractivity contribution is -0.274. The van der Waals surface area contributed by atoms with Crippen molar-refractivity contribution in [3.05, 3.63) is 54.1 Å². The number of likely N-dealkylation sites (tertiary alicyclic amines) is 1. The molecule has 2 amide bonds. The van der Waals surface area contributed by atoms with Crippen LogP contribution in [0, 0.1) is 0 Å². The average Bonchev–Trinajstić information content (AvgIpc) is 2.68. The first kappa shape index (κ1) is 21.8. The third-order valence-electron chi connectivity index (χ3n) is 4.88. The normalized spacial score (nSPS) is 16.1. The molecule has 1 heterocycles. The molecule has 0 saturated carbocycles. The van der Waals surface area contributed by atoms with Crippen LogP contribution in [-0.4, -0.2) is 42.1 Å². The number of amides is 2. The Kier molecular flexibility index (Phi) is 6.40. The number of carbonyl (C=O) groups is 1. The number of hydrogen-bond donors (Lipinski definition) is 2. The largest absolute Gasteiger partial charge is 0.573 e. The molecular weight excluding hydrogens is 401 g/mol. The summed E-state index contributed by atoms with van der Waals surface area (Å²) in [4.78, 5) is 14.1. The lowest BCUT2D eigenvalue weighted by Gasteiger charge is -2.38. The maximum absolute atomic E-state index is 12.5. The van der Waals surface area contributed by atoms with E-state index in [0.29, 0.717) is 23.6 Å². The SMILES string of the molecule is CCOc1cccc(NC(=O)N2CCC(O)(c3cccc(OC(F)(F)F)c3)CC2)c1. The molecular formula is C21H23F3N2O4. The molecule has 0 aliphatic carbocycles. The quantitative estimate of drug-likeness (QED) is 0.742. The van der Waals surface area contributed by atoms with E-state index in [1.54, 1.807) is 35.2 Å². The Balaban J connectivity index is 1.61. The highest BCUT2D eigenvalue weighted by molar-refractivity contribution is 5.89. The second-order valence-electron chi connectivity index (χ2n) is 6.99. The van der Waals surface area contributed by atoms with Gasteiger partial charge in [0.15, 0.2) is 0 Å². The van der Waals surface area contributed by atoms with Crippen LogP contribution in [0.3, 0.4) is 0 Å². The summed E-state index contributed by atoms with van der Waals surface area (Å²) in [5.41, 5.74) is -0.422. The maximum atomic E-state index is 12.5. The number of nitrogens with one attached hydrogen (secondary N) is 1. The minimum absolute atomic E-state index is 0.189. The second kappa shape index (κ2) is 8.83. The zero-order valence-corrected chi connectivity index (χ0v) is 16.4. The molecule has 0 radical (unpaired) electrons. The van der Waals surface area contributed by atoms with E-state index in [-0.39, 0.29) is 37.7 Å². The van der Waals surface area contributed by atoms with Crippen LogP contribution in [0.4, 0.5) is 23.7 Å². The number of rotatable bonds is 5. The highest BCUT2D eigenvalue weighted by Gasteiger charge is 2.37. The molecule has 0 atom stereocenters. The summed E-state index contributed by atoms with van der Waals surface area (Å²) in [7, 11) is 0. The van der Waals surface area contributed by atoms with Gasteiger partial charge in [-0.1, -0.05) is 18.2 Å². The molecule has 0 bridgehead atoms. The van der Waals surface area contributed by atoms with Crippen molar-refractivity contribution in [2.45, 2.75) is 31.7 Å². The van der Waals surface area contributed by atoms with Gasteiger partial charge in [0.2, 0.25) is 0 Å². The summed E-state index contributed by atoms with van der Waals surface area (Å²) in [5.74, 6) is 0.257. The number of aliphatic hydroxyl groups is 1. The van der Waals surface area contributed by atoms with Gasteiger partial charge in [0.05, 0.1) is 12.2 Å². The van der Waals surface area contributed by atoms with E-state index in [1.807, 2.05) is 6.92 Å². The average molecular weight is 424 g/mol. The number of nitrogens with zero attached hydrogens (tertiary/aromatic N) is 1. The summed E-state index contributed by atoms with van der Waals surface area (Å²) in [6.45, 7) is 2.87. The molecule has 0 aromatic heterocycles. The van der Waals surface area contributed by atoms with E-state index < -0.39 is 12.0 Å². The predicted octanol–water partition coefficient (Wildman–Crippen LogP) is 4.50. The van der Waals surface area contributed by atoms with Gasteiger partial charge in [-0.2, -0.15) is 0 Å². The van der Waals surface area contributed by atoms with Crippen LogP contribution >= 0.6 is 0 Å². The topological polar surface area (TPSA) is 71.0 Å². The van der Waals surface area contributed by atoms with Crippen molar-refractivity contribution in [1.82, 2.24) is 4.90 Å². The van der Waals surface area contributed by atoms with Crippen LogP contribution < -0.4 is 14.8 Å². The molecule has 30 heavy (non-hydrogen) atoms. The first-order valence-electron chi connectivity index (χ1n) is 9.56. The smallest absolute Gasteiger partial charge is 0.494 e. The summed E-state index contributed by atoms with van der Waals surface area (Å²) >= 11 is 0. The zero-order valence-electron chi connectivity index (χ0n) is 16.4. The van der Waals surface area contributed by atoms with Crippen molar-refractivity contribution in [2.24, 2.45) is 0 Å². The Bertz CT molecular complexity index is 881. The van der Waals surface area contributed by atoms with Crippen molar-refractivity contribution in [2.75, 3.05) is 25.0 Å². The van der Waals surface area contributed by atoms with Gasteiger partial charge in [0.25, 0.3) is 0 Å². The highest BCUT2D eigenvalue weighted by atomic mass is 19.4. The number of alkyl halides is 3. The maximum Gasteiger partial charge on any atom is 0.573 e. The summed E-state index contributed by atoms with van der Waals surface area (Å²) < 4.78 is 46.7. The van der Waals surface area contributed by atoms with E-state index in [0.717, 1.165) is 0 Å². The number of hydrogen-bond acceptors (Lipinski definition) is 4. The molecule has 2 N–H and O–H groups in total. The molecule has 1 fully saturated rings. The van der Waals surface area contributed by atoms with Gasteiger partial charge in [-0.05, 0) is 49.6 Å². The van der Waals surface area contributed by atoms with Gasteiger partial charge in [0, 0.05) is 24.8 Å². The fourth-order valence-electron chi connectivity index (χ4n) is 3.38. The number of ether oxygens (including phenoxy) is 2.